The van der Waals surface area contributed by atoms with Gasteiger partial charge in [-0.05, 0) is 60.7 Å². The highest BCUT2D eigenvalue weighted by atomic mass is 35.5. The molecule has 31 heavy (non-hydrogen) atoms. The summed E-state index contributed by atoms with van der Waals surface area (Å²) in [4.78, 5) is 20.8. The molecular weight excluding hydrogens is 444 g/mol. The Morgan fingerprint density at radius 1 is 1.10 bits per heavy atom. The molecule has 0 atom stereocenters. The zero-order chi connectivity index (χ0) is 22.0. The van der Waals surface area contributed by atoms with E-state index in [0.717, 1.165) is 46.3 Å². The van der Waals surface area contributed by atoms with Gasteiger partial charge in [-0.3, -0.25) is 9.36 Å². The Bertz CT molecular complexity index is 1280. The molecule has 4 rings (SSSR count). The predicted octanol–water partition coefficient (Wildman–Crippen LogP) is 7.22. The third kappa shape index (κ3) is 4.59. The van der Waals surface area contributed by atoms with Crippen molar-refractivity contribution in [3.63, 3.8) is 0 Å². The summed E-state index contributed by atoms with van der Waals surface area (Å²) in [5, 5.41) is 2.18. The summed E-state index contributed by atoms with van der Waals surface area (Å²) in [6.45, 7) is 6.35. The molecule has 0 saturated carbocycles. The highest BCUT2D eigenvalue weighted by molar-refractivity contribution is 7.98. The van der Waals surface area contributed by atoms with Crippen molar-refractivity contribution in [2.75, 3.05) is 0 Å². The van der Waals surface area contributed by atoms with E-state index in [0.29, 0.717) is 15.9 Å². The lowest BCUT2D eigenvalue weighted by molar-refractivity contribution is 0.821. The third-order valence-corrected chi connectivity index (χ3v) is 7.86. The Morgan fingerprint density at radius 2 is 1.87 bits per heavy atom. The second kappa shape index (κ2) is 9.60. The van der Waals surface area contributed by atoms with E-state index in [-0.39, 0.29) is 5.56 Å². The van der Waals surface area contributed by atoms with E-state index in [9.17, 15) is 4.79 Å². The number of hydrogen-bond donors (Lipinski definition) is 0. The summed E-state index contributed by atoms with van der Waals surface area (Å²) in [7, 11) is 0. The lowest BCUT2D eigenvalue weighted by Gasteiger charge is -2.13. The van der Waals surface area contributed by atoms with Crippen molar-refractivity contribution < 1.29 is 0 Å². The first-order chi connectivity index (χ1) is 15.0. The van der Waals surface area contributed by atoms with Crippen LogP contribution in [0.5, 0.6) is 0 Å². The van der Waals surface area contributed by atoms with Gasteiger partial charge < -0.3 is 0 Å². The van der Waals surface area contributed by atoms with Gasteiger partial charge in [0.15, 0.2) is 5.16 Å². The molecule has 0 bridgehead atoms. The maximum absolute atomic E-state index is 13.7. The first-order valence-electron chi connectivity index (χ1n) is 10.5. The van der Waals surface area contributed by atoms with Gasteiger partial charge in [-0.2, -0.15) is 0 Å². The largest absolute Gasteiger partial charge is 0.268 e. The molecule has 2 heterocycles. The molecule has 0 amide bonds. The van der Waals surface area contributed by atoms with Crippen LogP contribution in [0.25, 0.3) is 15.9 Å². The van der Waals surface area contributed by atoms with Gasteiger partial charge in [0.1, 0.15) is 4.83 Å². The Morgan fingerprint density at radius 3 is 2.55 bits per heavy atom. The Labute approximate surface area is 196 Å². The predicted molar refractivity (Wildman–Crippen MR) is 134 cm³/mol. The first kappa shape index (κ1) is 22.1. The number of benzene rings is 2. The van der Waals surface area contributed by atoms with Gasteiger partial charge in [0, 0.05) is 15.7 Å². The van der Waals surface area contributed by atoms with Gasteiger partial charge in [0.25, 0.3) is 5.56 Å². The lowest BCUT2D eigenvalue weighted by atomic mass is 10.1. The summed E-state index contributed by atoms with van der Waals surface area (Å²) < 4.78 is 1.77. The van der Waals surface area contributed by atoms with Gasteiger partial charge in [0.2, 0.25) is 0 Å². The van der Waals surface area contributed by atoms with Crippen LogP contribution in [-0.2, 0) is 18.6 Å². The van der Waals surface area contributed by atoms with E-state index in [1.54, 1.807) is 27.7 Å². The summed E-state index contributed by atoms with van der Waals surface area (Å²) in [6.07, 6.45) is 2.99. The van der Waals surface area contributed by atoms with E-state index in [2.05, 4.69) is 32.9 Å². The van der Waals surface area contributed by atoms with Gasteiger partial charge in [0.05, 0.1) is 11.1 Å². The van der Waals surface area contributed by atoms with E-state index >= 15 is 0 Å². The first-order valence-corrected chi connectivity index (χ1v) is 12.7. The number of aryl methyl sites for hydroxylation is 3. The van der Waals surface area contributed by atoms with Crippen molar-refractivity contribution in [3.8, 4) is 5.69 Å². The summed E-state index contributed by atoms with van der Waals surface area (Å²) in [5.74, 6) is 0.692. The van der Waals surface area contributed by atoms with Crippen LogP contribution < -0.4 is 5.56 Å². The van der Waals surface area contributed by atoms with E-state index < -0.39 is 0 Å². The molecule has 0 N–H and O–H groups in total. The molecule has 0 radical (unpaired) electrons. The highest BCUT2D eigenvalue weighted by Gasteiger charge is 2.19. The average molecular weight is 469 g/mol. The number of halogens is 1. The average Bonchev–Trinajstić information content (AvgIpc) is 3.08. The molecule has 6 heteroatoms. The number of thioether (sulfide) groups is 1. The van der Waals surface area contributed by atoms with Crippen molar-refractivity contribution >= 4 is 44.9 Å². The van der Waals surface area contributed by atoms with Crippen molar-refractivity contribution in [3.05, 3.63) is 85.5 Å². The molecule has 0 saturated heterocycles. The molecule has 0 aliphatic rings. The molecule has 3 nitrogen and oxygen atoms in total. The third-order valence-electron chi connectivity index (χ3n) is 5.37. The minimum Gasteiger partial charge on any atom is -0.268 e. The summed E-state index contributed by atoms with van der Waals surface area (Å²) in [6, 6.07) is 16.0. The number of fused-ring (bicyclic) bond motifs is 1. The number of thiophene rings is 1. The maximum atomic E-state index is 13.7. The number of aromatic nitrogens is 2. The van der Waals surface area contributed by atoms with Gasteiger partial charge >= 0.3 is 0 Å². The fourth-order valence-electron chi connectivity index (χ4n) is 3.66. The van der Waals surface area contributed by atoms with Crippen LogP contribution in [0, 0.1) is 6.92 Å². The van der Waals surface area contributed by atoms with Crippen LogP contribution in [0.4, 0.5) is 0 Å². The number of rotatable bonds is 7. The van der Waals surface area contributed by atoms with Crippen LogP contribution in [-0.4, -0.2) is 9.55 Å². The second-order valence-corrected chi connectivity index (χ2v) is 10.0. The Kier molecular flexibility index (Phi) is 6.85. The van der Waals surface area contributed by atoms with Gasteiger partial charge in [-0.25, -0.2) is 4.98 Å². The zero-order valence-corrected chi connectivity index (χ0v) is 20.3. The monoisotopic (exact) mass is 468 g/mol. The molecule has 2 aromatic carbocycles. The second-order valence-electron chi connectivity index (χ2n) is 7.55. The van der Waals surface area contributed by atoms with E-state index in [1.165, 1.54) is 10.4 Å². The summed E-state index contributed by atoms with van der Waals surface area (Å²) >= 11 is 9.38. The fourth-order valence-corrected chi connectivity index (χ4v) is 6.14. The molecule has 0 aliphatic heterocycles. The standard InChI is InChI=1S/C25H25ClN2OS2/c1-4-7-21-16(3)22-23(31-21)27-25(30-15-18-8-6-9-19(26)14-18)28(24(22)29)20-12-10-17(5-2)11-13-20/h6,8-14H,4-5,7,15H2,1-3H3. The van der Waals surface area contributed by atoms with Crippen molar-refractivity contribution in [2.24, 2.45) is 0 Å². The van der Waals surface area contributed by atoms with E-state index in [1.807, 2.05) is 36.4 Å². The topological polar surface area (TPSA) is 34.9 Å². The minimum atomic E-state index is 0.0129. The normalized spacial score (nSPS) is 11.4. The quantitative estimate of drug-likeness (QED) is 0.212. The smallest absolute Gasteiger partial charge is 0.267 e. The molecule has 0 aliphatic carbocycles. The van der Waals surface area contributed by atoms with Crippen LogP contribution in [0.15, 0.2) is 58.5 Å². The van der Waals surface area contributed by atoms with Crippen molar-refractivity contribution in [2.45, 2.75) is 50.9 Å². The molecule has 4 aromatic rings. The van der Waals surface area contributed by atoms with Crippen LogP contribution in [0.2, 0.25) is 5.02 Å². The molecule has 0 fully saturated rings. The lowest BCUT2D eigenvalue weighted by Crippen LogP contribution is -2.21. The maximum Gasteiger partial charge on any atom is 0.267 e. The highest BCUT2D eigenvalue weighted by Crippen LogP contribution is 2.32. The zero-order valence-electron chi connectivity index (χ0n) is 17.9. The molecule has 0 spiro atoms. The molecule has 0 unspecified atom stereocenters. The van der Waals surface area contributed by atoms with Crippen molar-refractivity contribution in [1.82, 2.24) is 9.55 Å². The van der Waals surface area contributed by atoms with Crippen LogP contribution in [0.1, 0.15) is 41.8 Å². The molecular formula is C25H25ClN2OS2. The summed E-state index contributed by atoms with van der Waals surface area (Å²) in [5.41, 5.74) is 4.29. The minimum absolute atomic E-state index is 0.0129. The van der Waals surface area contributed by atoms with Gasteiger partial charge in [-0.1, -0.05) is 67.9 Å². The van der Waals surface area contributed by atoms with Gasteiger partial charge in [-0.15, -0.1) is 11.3 Å². The van der Waals surface area contributed by atoms with Crippen molar-refractivity contribution in [1.29, 1.82) is 0 Å². The number of hydrogen-bond acceptors (Lipinski definition) is 4. The van der Waals surface area contributed by atoms with E-state index in [4.69, 9.17) is 16.6 Å². The van der Waals surface area contributed by atoms with Crippen LogP contribution in [0.3, 0.4) is 0 Å². The molecule has 2 aromatic heterocycles. The fraction of sp³-hybridized carbons (Fsp3) is 0.280. The van der Waals surface area contributed by atoms with Crippen LogP contribution >= 0.6 is 34.7 Å². The SMILES string of the molecule is CCCc1sc2nc(SCc3cccc(Cl)c3)n(-c3ccc(CC)cc3)c(=O)c2c1C. The number of nitrogens with zero attached hydrogens (tertiary/aromatic N) is 2. The Balaban J connectivity index is 1.85. The Hall–Kier alpha value is -2.08. The molecule has 160 valence electrons.